The van der Waals surface area contributed by atoms with Crippen molar-refractivity contribution in [1.82, 2.24) is 0 Å². The predicted octanol–water partition coefficient (Wildman–Crippen LogP) is 2.88. The highest BCUT2D eigenvalue weighted by atomic mass is 79.9. The molecular weight excluding hydrogens is 236 g/mol. The van der Waals surface area contributed by atoms with E-state index in [1.165, 1.54) is 22.3 Å². The Hall–Kier alpha value is 0.466. The molecule has 0 atom stereocenters. The first-order valence-electron chi connectivity index (χ1n) is 4.64. The zero-order valence-corrected chi connectivity index (χ0v) is 12.3. The van der Waals surface area contributed by atoms with Gasteiger partial charge in [0.25, 0.3) is 0 Å². The van der Waals surface area contributed by atoms with Crippen molar-refractivity contribution >= 4 is 41.0 Å². The van der Waals surface area contributed by atoms with Crippen molar-refractivity contribution < 1.29 is 0 Å². The number of halogens is 1. The molecule has 0 radical (unpaired) electrons. The summed E-state index contributed by atoms with van der Waals surface area (Å²) >= 11 is 0.00356. The summed E-state index contributed by atoms with van der Waals surface area (Å²) in [6.45, 7) is 8.94. The molecule has 0 saturated carbocycles. The molecular formula is C11H17BrMg. The lowest BCUT2D eigenvalue weighted by Gasteiger charge is -2.13. The topological polar surface area (TPSA) is 0 Å². The van der Waals surface area contributed by atoms with E-state index in [9.17, 15) is 0 Å². The molecule has 0 spiro atoms. The average Bonchev–Trinajstić information content (AvgIpc) is 2.08. The molecule has 0 aliphatic carbocycles. The molecule has 0 aliphatic heterocycles. The van der Waals surface area contributed by atoms with Crippen molar-refractivity contribution in [3.63, 3.8) is 0 Å². The Kier molecular flexibility index (Phi) is 5.57. The van der Waals surface area contributed by atoms with E-state index in [0.29, 0.717) is 0 Å². The van der Waals surface area contributed by atoms with Crippen molar-refractivity contribution in [2.24, 2.45) is 0 Å². The van der Waals surface area contributed by atoms with Gasteiger partial charge in [0.05, 0.1) is 0 Å². The zero-order chi connectivity index (χ0) is 9.30. The molecule has 0 unspecified atom stereocenters. The monoisotopic (exact) mass is 252 g/mol. The van der Waals surface area contributed by atoms with Crippen LogP contribution in [0.2, 0.25) is 5.05 Å². The van der Waals surface area contributed by atoms with Crippen molar-refractivity contribution in [2.75, 3.05) is 0 Å². The van der Waals surface area contributed by atoms with Crippen LogP contribution in [-0.2, 0) is 0 Å². The molecule has 0 heterocycles. The van der Waals surface area contributed by atoms with E-state index in [1.807, 2.05) is 0 Å². The van der Waals surface area contributed by atoms with Gasteiger partial charge in [-0.15, -0.1) is 22.0 Å². The largest absolute Gasteiger partial charge is 0.405 e. The standard InChI is InChI=1S/C10H13.CH3.BrH.Mg/c1-7-5-6-8(2)10(4)9(7)3;;;/h5H,1-4H3;1H3;1H;. The first kappa shape index (κ1) is 13.5. The summed E-state index contributed by atoms with van der Waals surface area (Å²) < 4.78 is 1.63. The van der Waals surface area contributed by atoms with Crippen molar-refractivity contribution in [1.29, 1.82) is 0 Å². The molecule has 1 aromatic carbocycles. The summed E-state index contributed by atoms with van der Waals surface area (Å²) in [6.07, 6.45) is 0. The molecule has 0 aliphatic rings. The smallest absolute Gasteiger partial charge is 0.171 e. The Morgan fingerprint density at radius 3 is 1.92 bits per heavy atom. The normalized spacial score (nSPS) is 9.00. The van der Waals surface area contributed by atoms with Crippen LogP contribution in [0.1, 0.15) is 22.3 Å². The minimum absolute atomic E-state index is 0. The van der Waals surface area contributed by atoms with Crippen LogP contribution in [0.5, 0.6) is 0 Å². The fraction of sp³-hybridized carbons (Fsp3) is 0.455. The highest BCUT2D eigenvalue weighted by Gasteiger charge is 2.05. The van der Waals surface area contributed by atoms with Gasteiger partial charge in [-0.3, -0.25) is 0 Å². The van der Waals surface area contributed by atoms with Crippen LogP contribution < -0.4 is 3.69 Å². The van der Waals surface area contributed by atoms with Gasteiger partial charge in [0.1, 0.15) is 0 Å². The maximum absolute atomic E-state index is 2.38. The van der Waals surface area contributed by atoms with Crippen LogP contribution in [0.4, 0.5) is 0 Å². The minimum atomic E-state index is 0. The highest BCUT2D eigenvalue weighted by Crippen LogP contribution is 2.14. The molecule has 13 heavy (non-hydrogen) atoms. The fourth-order valence-electron chi connectivity index (χ4n) is 1.66. The predicted molar refractivity (Wildman–Crippen MR) is 67.0 cm³/mol. The molecule has 0 aromatic heterocycles. The molecule has 70 valence electrons. The van der Waals surface area contributed by atoms with Crippen LogP contribution in [0.15, 0.2) is 6.07 Å². The second kappa shape index (κ2) is 5.37. The third-order valence-electron chi connectivity index (χ3n) is 2.97. The Morgan fingerprint density at radius 1 is 0.923 bits per heavy atom. The quantitative estimate of drug-likeness (QED) is 0.675. The second-order valence-electron chi connectivity index (χ2n) is 3.58. The molecule has 1 aromatic rings. The van der Waals surface area contributed by atoms with E-state index in [0.717, 1.165) is 0 Å². The van der Waals surface area contributed by atoms with Crippen LogP contribution in [0.25, 0.3) is 0 Å². The first-order valence-corrected chi connectivity index (χ1v) is 6.76. The maximum atomic E-state index is 2.38. The van der Waals surface area contributed by atoms with E-state index in [-0.39, 0.29) is 37.3 Å². The highest BCUT2D eigenvalue weighted by molar-refractivity contribution is 8.93. The van der Waals surface area contributed by atoms with Crippen molar-refractivity contribution in [2.45, 2.75) is 32.7 Å². The summed E-state index contributed by atoms with van der Waals surface area (Å²) in [5.41, 5.74) is 5.97. The van der Waals surface area contributed by atoms with Crippen molar-refractivity contribution in [3.05, 3.63) is 28.3 Å². The Labute approximate surface area is 102 Å². The van der Waals surface area contributed by atoms with Crippen LogP contribution in [0.3, 0.4) is 0 Å². The lowest BCUT2D eigenvalue weighted by molar-refractivity contribution is 1.23. The summed E-state index contributed by atoms with van der Waals surface area (Å²) in [4.78, 5) is 0. The van der Waals surface area contributed by atoms with E-state index in [2.05, 4.69) is 38.8 Å². The van der Waals surface area contributed by atoms with Gasteiger partial charge < -0.3 is 0 Å². The minimum Gasteiger partial charge on any atom is -0.171 e. The molecule has 0 saturated heterocycles. The summed E-state index contributed by atoms with van der Waals surface area (Å²) in [6, 6.07) is 2.38. The zero-order valence-electron chi connectivity index (χ0n) is 9.19. The molecule has 2 heteroatoms. The number of hydrogen-bond donors (Lipinski definition) is 0. The van der Waals surface area contributed by atoms with Crippen molar-refractivity contribution in [3.8, 4) is 0 Å². The summed E-state index contributed by atoms with van der Waals surface area (Å²) in [7, 11) is 0. The molecule has 0 N–H and O–H groups in total. The second-order valence-corrected chi connectivity index (χ2v) is 5.05. The van der Waals surface area contributed by atoms with Gasteiger partial charge in [-0.1, -0.05) is 17.2 Å². The van der Waals surface area contributed by atoms with Gasteiger partial charge in [-0.2, -0.15) is 3.69 Å². The van der Waals surface area contributed by atoms with E-state index < -0.39 is 0 Å². The number of rotatable bonds is 1. The van der Waals surface area contributed by atoms with E-state index in [4.69, 9.17) is 0 Å². The Balaban J connectivity index is 0.00000144. The van der Waals surface area contributed by atoms with Crippen LogP contribution in [-0.4, -0.2) is 20.4 Å². The first-order chi connectivity index (χ1) is 5.57. The van der Waals surface area contributed by atoms with Gasteiger partial charge in [0, 0.05) is 0 Å². The lowest BCUT2D eigenvalue weighted by Crippen LogP contribution is -2.17. The van der Waals surface area contributed by atoms with Gasteiger partial charge in [0.15, 0.2) is 0 Å². The van der Waals surface area contributed by atoms with Gasteiger partial charge in [-0.25, -0.2) is 0 Å². The Bertz CT molecular complexity index is 305. The lowest BCUT2D eigenvalue weighted by atomic mass is 10.00. The van der Waals surface area contributed by atoms with Gasteiger partial charge >= 0.3 is 20.4 Å². The van der Waals surface area contributed by atoms with E-state index in [1.54, 1.807) is 3.69 Å². The van der Waals surface area contributed by atoms with Gasteiger partial charge in [0.2, 0.25) is 0 Å². The fourth-order valence-corrected chi connectivity index (χ4v) is 2.97. The maximum Gasteiger partial charge on any atom is 0.405 e. The summed E-state index contributed by atoms with van der Waals surface area (Å²) in [5.74, 6) is 0. The van der Waals surface area contributed by atoms with Crippen LogP contribution in [0, 0.1) is 27.7 Å². The molecule has 0 nitrogen and oxygen atoms in total. The molecule has 0 fully saturated rings. The third-order valence-corrected chi connectivity index (χ3v) is 4.47. The SMILES string of the molecule is Br.[CH3][Mg][c]1cc(C)c(C)c(C)c1C. The number of hydrogen-bond acceptors (Lipinski definition) is 0. The molecule has 1 rings (SSSR count). The average molecular weight is 253 g/mol. The number of aryl methyl sites for hydroxylation is 1. The van der Waals surface area contributed by atoms with Crippen LogP contribution >= 0.6 is 17.0 Å². The molecule has 0 bridgehead atoms. The van der Waals surface area contributed by atoms with E-state index >= 15 is 0 Å². The summed E-state index contributed by atoms with van der Waals surface area (Å²) in [5, 5.41) is 2.36. The molecule has 0 amide bonds. The third kappa shape index (κ3) is 2.71. The van der Waals surface area contributed by atoms with Gasteiger partial charge in [-0.05, 0) is 38.8 Å². The number of benzene rings is 1. The Morgan fingerprint density at radius 2 is 1.46 bits per heavy atom.